The van der Waals surface area contributed by atoms with Crippen LogP contribution in [0.25, 0.3) is 0 Å². The highest BCUT2D eigenvalue weighted by atomic mass is 79.9. The molecule has 0 radical (unpaired) electrons. The lowest BCUT2D eigenvalue weighted by molar-refractivity contribution is -0.143. The molecule has 0 fully saturated rings. The maximum Gasteiger partial charge on any atom is 0.261 e. The van der Waals surface area contributed by atoms with Gasteiger partial charge in [0.15, 0.2) is 6.61 Å². The fraction of sp³-hybridized carbons (Fsp3) is 0.440. The molecule has 0 unspecified atom stereocenters. The quantitative estimate of drug-likeness (QED) is 0.427. The van der Waals surface area contributed by atoms with Crippen molar-refractivity contribution in [2.75, 3.05) is 6.61 Å². The molecule has 0 saturated carbocycles. The van der Waals surface area contributed by atoms with Gasteiger partial charge in [0, 0.05) is 22.1 Å². The van der Waals surface area contributed by atoms with Crippen LogP contribution in [0.15, 0.2) is 40.9 Å². The van der Waals surface area contributed by atoms with Gasteiger partial charge in [0.2, 0.25) is 5.91 Å². The highest BCUT2D eigenvalue weighted by Crippen LogP contribution is 2.26. The molecule has 0 aromatic heterocycles. The zero-order valence-electron chi connectivity index (χ0n) is 19.4. The molecule has 0 aliphatic rings. The molecule has 2 aromatic rings. The first-order chi connectivity index (χ1) is 15.2. The number of rotatable bonds is 10. The lowest BCUT2D eigenvalue weighted by Crippen LogP contribution is -2.51. The highest BCUT2D eigenvalue weighted by Gasteiger charge is 2.30. The molecule has 0 aliphatic carbocycles. The van der Waals surface area contributed by atoms with Gasteiger partial charge in [0.1, 0.15) is 11.8 Å². The summed E-state index contributed by atoms with van der Waals surface area (Å²) in [6, 6.07) is 10.5. The van der Waals surface area contributed by atoms with E-state index in [0.717, 1.165) is 27.6 Å². The Morgan fingerprint density at radius 2 is 1.75 bits per heavy atom. The van der Waals surface area contributed by atoms with Crippen molar-refractivity contribution in [1.82, 2.24) is 10.2 Å². The Labute approximate surface area is 204 Å². The number of amides is 2. The van der Waals surface area contributed by atoms with Crippen LogP contribution in [0.4, 0.5) is 0 Å². The highest BCUT2D eigenvalue weighted by molar-refractivity contribution is 9.10. The number of benzene rings is 2. The standard InChI is InChI=1S/C25H32BrClN2O3/c1-6-18(5)28-25(31)22(7-2)29(14-19-10-8-9-11-21(19)27)23(30)15-32-20-12-16(3)24(26)17(4)13-20/h8-13,18,22H,6-7,14-15H2,1-5H3,(H,28,31)/t18-,22+/m1/s1. The average Bonchev–Trinajstić information content (AvgIpc) is 2.76. The minimum absolute atomic E-state index is 0.0266. The lowest BCUT2D eigenvalue weighted by Gasteiger charge is -2.31. The Hall–Kier alpha value is -2.05. The predicted octanol–water partition coefficient (Wildman–Crippen LogP) is 5.82. The first kappa shape index (κ1) is 26.2. The molecule has 1 N–H and O–H groups in total. The second-order valence-corrected chi connectivity index (χ2v) is 9.21. The maximum atomic E-state index is 13.3. The van der Waals surface area contributed by atoms with Gasteiger partial charge in [-0.3, -0.25) is 9.59 Å². The van der Waals surface area contributed by atoms with Gasteiger partial charge in [-0.05, 0) is 68.5 Å². The van der Waals surface area contributed by atoms with E-state index in [1.54, 1.807) is 11.0 Å². The molecular weight excluding hydrogens is 492 g/mol. The Bertz CT molecular complexity index is 928. The number of ether oxygens (including phenoxy) is 1. The van der Waals surface area contributed by atoms with E-state index in [-0.39, 0.29) is 31.0 Å². The summed E-state index contributed by atoms with van der Waals surface area (Å²) < 4.78 is 6.85. The van der Waals surface area contributed by atoms with Crippen molar-refractivity contribution in [2.24, 2.45) is 0 Å². The molecule has 0 bridgehead atoms. The first-order valence-electron chi connectivity index (χ1n) is 10.9. The van der Waals surface area contributed by atoms with Crippen molar-refractivity contribution in [3.63, 3.8) is 0 Å². The lowest BCUT2D eigenvalue weighted by atomic mass is 10.1. The number of halogens is 2. The van der Waals surface area contributed by atoms with Crippen LogP contribution in [0.5, 0.6) is 5.75 Å². The first-order valence-corrected chi connectivity index (χ1v) is 12.1. The molecule has 0 spiro atoms. The normalized spacial score (nSPS) is 12.7. The van der Waals surface area contributed by atoms with E-state index in [2.05, 4.69) is 21.2 Å². The Morgan fingerprint density at radius 3 is 2.31 bits per heavy atom. The minimum Gasteiger partial charge on any atom is -0.484 e. The summed E-state index contributed by atoms with van der Waals surface area (Å²) >= 11 is 9.90. The summed E-state index contributed by atoms with van der Waals surface area (Å²) in [6.45, 7) is 9.87. The summed E-state index contributed by atoms with van der Waals surface area (Å²) in [4.78, 5) is 27.8. The van der Waals surface area contributed by atoms with Crippen LogP contribution in [0.1, 0.15) is 50.3 Å². The summed E-state index contributed by atoms with van der Waals surface area (Å²) in [5.74, 6) is 0.179. The van der Waals surface area contributed by atoms with Gasteiger partial charge in [0.05, 0.1) is 0 Å². The van der Waals surface area contributed by atoms with E-state index in [1.807, 2.05) is 65.0 Å². The second kappa shape index (κ2) is 12.3. The van der Waals surface area contributed by atoms with Crippen molar-refractivity contribution in [3.8, 4) is 5.75 Å². The topological polar surface area (TPSA) is 58.6 Å². The molecule has 2 atom stereocenters. The number of nitrogens with one attached hydrogen (secondary N) is 1. The number of aryl methyl sites for hydroxylation is 2. The van der Waals surface area contributed by atoms with Gasteiger partial charge in [0.25, 0.3) is 5.91 Å². The van der Waals surface area contributed by atoms with E-state index in [1.165, 1.54) is 0 Å². The predicted molar refractivity (Wildman–Crippen MR) is 133 cm³/mol. The Morgan fingerprint density at radius 1 is 1.12 bits per heavy atom. The van der Waals surface area contributed by atoms with Crippen molar-refractivity contribution in [3.05, 3.63) is 62.6 Å². The fourth-order valence-electron chi connectivity index (χ4n) is 3.39. The summed E-state index contributed by atoms with van der Waals surface area (Å²) in [7, 11) is 0. The average molecular weight is 524 g/mol. The molecule has 5 nitrogen and oxygen atoms in total. The molecular formula is C25H32BrClN2O3. The van der Waals surface area contributed by atoms with Crippen LogP contribution in [0.2, 0.25) is 5.02 Å². The third-order valence-electron chi connectivity index (χ3n) is 5.46. The van der Waals surface area contributed by atoms with Gasteiger partial charge in [-0.2, -0.15) is 0 Å². The van der Waals surface area contributed by atoms with Gasteiger partial charge >= 0.3 is 0 Å². The van der Waals surface area contributed by atoms with Crippen molar-refractivity contribution >= 4 is 39.3 Å². The molecule has 2 rings (SSSR count). The molecule has 0 aliphatic heterocycles. The van der Waals surface area contributed by atoms with E-state index < -0.39 is 6.04 Å². The monoisotopic (exact) mass is 522 g/mol. The number of nitrogens with zero attached hydrogens (tertiary/aromatic N) is 1. The number of hydrogen-bond acceptors (Lipinski definition) is 3. The van der Waals surface area contributed by atoms with Crippen LogP contribution in [-0.2, 0) is 16.1 Å². The largest absolute Gasteiger partial charge is 0.484 e. The van der Waals surface area contributed by atoms with Gasteiger partial charge < -0.3 is 15.0 Å². The van der Waals surface area contributed by atoms with Gasteiger partial charge in [-0.1, -0.05) is 59.6 Å². The van der Waals surface area contributed by atoms with E-state index in [9.17, 15) is 9.59 Å². The smallest absolute Gasteiger partial charge is 0.261 e. The molecule has 2 aromatic carbocycles. The third-order valence-corrected chi connectivity index (χ3v) is 7.08. The van der Waals surface area contributed by atoms with Crippen molar-refractivity contribution in [2.45, 2.75) is 66.1 Å². The maximum absolute atomic E-state index is 13.3. The van der Waals surface area contributed by atoms with Gasteiger partial charge in [-0.15, -0.1) is 0 Å². The van der Waals surface area contributed by atoms with Crippen molar-refractivity contribution in [1.29, 1.82) is 0 Å². The van der Waals surface area contributed by atoms with Crippen LogP contribution >= 0.6 is 27.5 Å². The Balaban J connectivity index is 2.26. The van der Waals surface area contributed by atoms with E-state index in [4.69, 9.17) is 16.3 Å². The molecule has 0 heterocycles. The Kier molecular flexibility index (Phi) is 10.0. The summed E-state index contributed by atoms with van der Waals surface area (Å²) in [6.07, 6.45) is 1.29. The molecule has 0 saturated heterocycles. The van der Waals surface area contributed by atoms with Crippen LogP contribution in [0.3, 0.4) is 0 Å². The SMILES string of the molecule is CC[C@@H](C)NC(=O)[C@H](CC)N(Cc1ccccc1Cl)C(=O)COc1cc(C)c(Br)c(C)c1. The van der Waals surface area contributed by atoms with E-state index in [0.29, 0.717) is 17.2 Å². The zero-order chi connectivity index (χ0) is 23.8. The summed E-state index contributed by atoms with van der Waals surface area (Å²) in [5, 5.41) is 3.56. The zero-order valence-corrected chi connectivity index (χ0v) is 21.7. The van der Waals surface area contributed by atoms with Crippen molar-refractivity contribution < 1.29 is 14.3 Å². The molecule has 7 heteroatoms. The van der Waals surface area contributed by atoms with Gasteiger partial charge in [-0.25, -0.2) is 0 Å². The number of hydrogen-bond donors (Lipinski definition) is 1. The summed E-state index contributed by atoms with van der Waals surface area (Å²) in [5.41, 5.74) is 2.84. The third kappa shape index (κ3) is 6.97. The second-order valence-electron chi connectivity index (χ2n) is 8.01. The minimum atomic E-state index is -0.621. The van der Waals surface area contributed by atoms with E-state index >= 15 is 0 Å². The molecule has 2 amide bonds. The number of carbonyl (C=O) groups excluding carboxylic acids is 2. The fourth-order valence-corrected chi connectivity index (χ4v) is 3.81. The number of carbonyl (C=O) groups is 2. The molecule has 174 valence electrons. The molecule has 32 heavy (non-hydrogen) atoms. The van der Waals surface area contributed by atoms with Crippen LogP contribution in [0, 0.1) is 13.8 Å². The van der Waals surface area contributed by atoms with Crippen LogP contribution in [-0.4, -0.2) is 35.4 Å². The van der Waals surface area contributed by atoms with Crippen LogP contribution < -0.4 is 10.1 Å².